The van der Waals surface area contributed by atoms with E-state index < -0.39 is 10.2 Å². The van der Waals surface area contributed by atoms with Gasteiger partial charge in [0.05, 0.1) is 13.2 Å². The van der Waals surface area contributed by atoms with Gasteiger partial charge in [-0.2, -0.15) is 17.0 Å². The Morgan fingerprint density at radius 2 is 1.94 bits per heavy atom. The normalized spacial score (nSPS) is 29.1. The van der Waals surface area contributed by atoms with Crippen molar-refractivity contribution in [3.63, 3.8) is 0 Å². The summed E-state index contributed by atoms with van der Waals surface area (Å²) in [7, 11) is -3.44. The van der Waals surface area contributed by atoms with Crippen LogP contribution in [0.1, 0.15) is 25.7 Å². The van der Waals surface area contributed by atoms with Crippen molar-refractivity contribution in [3.8, 4) is 0 Å². The summed E-state index contributed by atoms with van der Waals surface area (Å²) in [5, 5.41) is 9.33. The average Bonchev–Trinajstić information content (AvgIpc) is 2.68. The molecule has 0 aliphatic carbocycles. The molecule has 0 bridgehead atoms. The third-order valence-electron chi connectivity index (χ3n) is 3.59. The van der Waals surface area contributed by atoms with Crippen molar-refractivity contribution in [2.45, 2.75) is 31.7 Å². The topological polar surface area (TPSA) is 70.1 Å². The highest BCUT2D eigenvalue weighted by Crippen LogP contribution is 2.22. The van der Waals surface area contributed by atoms with Crippen molar-refractivity contribution < 1.29 is 18.3 Å². The average molecular weight is 278 g/mol. The van der Waals surface area contributed by atoms with Crippen molar-refractivity contribution in [1.82, 2.24) is 8.61 Å². The Kier molecular flexibility index (Phi) is 4.97. The zero-order valence-corrected chi connectivity index (χ0v) is 11.4. The molecule has 0 radical (unpaired) electrons. The van der Waals surface area contributed by atoms with E-state index in [9.17, 15) is 13.5 Å². The first-order valence-corrected chi connectivity index (χ1v) is 8.01. The van der Waals surface area contributed by atoms with Crippen LogP contribution in [0.4, 0.5) is 0 Å². The van der Waals surface area contributed by atoms with Crippen LogP contribution >= 0.6 is 0 Å². The van der Waals surface area contributed by atoms with Crippen LogP contribution in [0.2, 0.25) is 0 Å². The SMILES string of the molecule is O=S(=O)(N1CCCOCC1)N1CCCCC1CO. The van der Waals surface area contributed by atoms with Gasteiger partial charge in [-0.25, -0.2) is 0 Å². The minimum absolute atomic E-state index is 0.0937. The maximum absolute atomic E-state index is 12.5. The molecule has 0 amide bonds. The van der Waals surface area contributed by atoms with Gasteiger partial charge >= 0.3 is 0 Å². The second-order valence-corrected chi connectivity index (χ2v) is 6.70. The number of hydrogen-bond donors (Lipinski definition) is 1. The van der Waals surface area contributed by atoms with E-state index in [-0.39, 0.29) is 12.6 Å². The largest absolute Gasteiger partial charge is 0.395 e. The van der Waals surface area contributed by atoms with E-state index in [1.807, 2.05) is 0 Å². The van der Waals surface area contributed by atoms with Gasteiger partial charge in [0, 0.05) is 32.3 Å². The first-order valence-electron chi connectivity index (χ1n) is 6.62. The van der Waals surface area contributed by atoms with Crippen molar-refractivity contribution >= 4 is 10.2 Å². The van der Waals surface area contributed by atoms with Gasteiger partial charge in [0.2, 0.25) is 0 Å². The Morgan fingerprint density at radius 1 is 1.11 bits per heavy atom. The predicted octanol–water partition coefficient (Wildman–Crippen LogP) is -0.200. The molecule has 0 aromatic carbocycles. The molecule has 2 fully saturated rings. The molecule has 0 saturated carbocycles. The summed E-state index contributed by atoms with van der Waals surface area (Å²) in [4.78, 5) is 0. The van der Waals surface area contributed by atoms with Crippen LogP contribution in [0.3, 0.4) is 0 Å². The Balaban J connectivity index is 2.12. The molecule has 2 aliphatic rings. The fourth-order valence-corrected chi connectivity index (χ4v) is 4.43. The van der Waals surface area contributed by atoms with Gasteiger partial charge in [-0.15, -0.1) is 0 Å². The predicted molar refractivity (Wildman–Crippen MR) is 67.4 cm³/mol. The maximum atomic E-state index is 12.5. The van der Waals surface area contributed by atoms with Crippen molar-refractivity contribution in [1.29, 1.82) is 0 Å². The minimum Gasteiger partial charge on any atom is -0.395 e. The summed E-state index contributed by atoms with van der Waals surface area (Å²) >= 11 is 0. The third kappa shape index (κ3) is 3.03. The molecule has 0 aromatic heterocycles. The number of piperidine rings is 1. The van der Waals surface area contributed by atoms with Gasteiger partial charge in [0.15, 0.2) is 0 Å². The van der Waals surface area contributed by atoms with Gasteiger partial charge in [0.1, 0.15) is 0 Å². The van der Waals surface area contributed by atoms with Crippen LogP contribution in [0.15, 0.2) is 0 Å². The van der Waals surface area contributed by atoms with Gasteiger partial charge in [-0.05, 0) is 19.3 Å². The molecule has 2 heterocycles. The van der Waals surface area contributed by atoms with Crippen LogP contribution in [-0.2, 0) is 14.9 Å². The zero-order valence-electron chi connectivity index (χ0n) is 10.6. The number of aliphatic hydroxyl groups excluding tert-OH is 1. The van der Waals surface area contributed by atoms with E-state index in [1.54, 1.807) is 0 Å². The van der Waals surface area contributed by atoms with Crippen LogP contribution < -0.4 is 0 Å². The Bertz CT molecular complexity index is 352. The minimum atomic E-state index is -3.44. The van der Waals surface area contributed by atoms with Gasteiger partial charge in [-0.1, -0.05) is 6.42 Å². The van der Waals surface area contributed by atoms with Crippen LogP contribution in [0.5, 0.6) is 0 Å². The molecule has 1 unspecified atom stereocenters. The summed E-state index contributed by atoms with van der Waals surface area (Å²) in [5.41, 5.74) is 0. The maximum Gasteiger partial charge on any atom is 0.282 e. The molecule has 7 heteroatoms. The smallest absolute Gasteiger partial charge is 0.282 e. The fraction of sp³-hybridized carbons (Fsp3) is 1.00. The summed E-state index contributed by atoms with van der Waals surface area (Å²) < 4.78 is 33.4. The zero-order chi connectivity index (χ0) is 13.0. The molecule has 0 spiro atoms. The highest BCUT2D eigenvalue weighted by molar-refractivity contribution is 7.86. The van der Waals surface area contributed by atoms with Gasteiger partial charge < -0.3 is 9.84 Å². The second-order valence-electron chi connectivity index (χ2n) is 4.82. The van der Waals surface area contributed by atoms with E-state index in [2.05, 4.69) is 0 Å². The van der Waals surface area contributed by atoms with Gasteiger partial charge in [-0.3, -0.25) is 0 Å². The number of aliphatic hydroxyl groups is 1. The molecule has 1 atom stereocenters. The highest BCUT2D eigenvalue weighted by Gasteiger charge is 2.36. The highest BCUT2D eigenvalue weighted by atomic mass is 32.2. The van der Waals surface area contributed by atoms with Crippen molar-refractivity contribution in [3.05, 3.63) is 0 Å². The molecule has 2 aliphatic heterocycles. The number of nitrogens with zero attached hydrogens (tertiary/aromatic N) is 2. The van der Waals surface area contributed by atoms with Crippen molar-refractivity contribution in [2.75, 3.05) is 39.5 Å². The van der Waals surface area contributed by atoms with E-state index >= 15 is 0 Å². The fourth-order valence-electron chi connectivity index (χ4n) is 2.56. The Labute approximate surface area is 109 Å². The molecular weight excluding hydrogens is 256 g/mol. The lowest BCUT2D eigenvalue weighted by molar-refractivity contribution is 0.140. The second kappa shape index (κ2) is 6.29. The Hall–Kier alpha value is -0.210. The van der Waals surface area contributed by atoms with Crippen LogP contribution in [0, 0.1) is 0 Å². The summed E-state index contributed by atoms with van der Waals surface area (Å²) in [6.07, 6.45) is 3.34. The number of hydrogen-bond acceptors (Lipinski definition) is 4. The molecule has 18 heavy (non-hydrogen) atoms. The molecule has 6 nitrogen and oxygen atoms in total. The molecule has 106 valence electrons. The standard InChI is InChI=1S/C11H22N2O4S/c14-10-11-4-1-2-6-13(11)18(15,16)12-5-3-8-17-9-7-12/h11,14H,1-10H2. The number of ether oxygens (including phenoxy) is 1. The molecule has 0 aromatic rings. The monoisotopic (exact) mass is 278 g/mol. The lowest BCUT2D eigenvalue weighted by Gasteiger charge is -2.36. The first-order chi connectivity index (χ1) is 8.66. The quantitative estimate of drug-likeness (QED) is 0.776. The lowest BCUT2D eigenvalue weighted by atomic mass is 10.1. The third-order valence-corrected chi connectivity index (χ3v) is 5.68. The van der Waals surface area contributed by atoms with E-state index in [0.717, 1.165) is 25.7 Å². The molecule has 2 rings (SSSR count). The summed E-state index contributed by atoms with van der Waals surface area (Å²) in [6.45, 7) is 2.43. The summed E-state index contributed by atoms with van der Waals surface area (Å²) in [6, 6.07) is -0.257. The van der Waals surface area contributed by atoms with E-state index in [4.69, 9.17) is 4.74 Å². The summed E-state index contributed by atoms with van der Waals surface area (Å²) in [5.74, 6) is 0. The number of rotatable bonds is 3. The van der Waals surface area contributed by atoms with Crippen molar-refractivity contribution in [2.24, 2.45) is 0 Å². The Morgan fingerprint density at radius 3 is 2.72 bits per heavy atom. The van der Waals surface area contributed by atoms with Crippen LogP contribution in [0.25, 0.3) is 0 Å². The molecular formula is C11H22N2O4S. The molecule has 1 N–H and O–H groups in total. The van der Waals surface area contributed by atoms with Crippen LogP contribution in [-0.4, -0.2) is 67.6 Å². The lowest BCUT2D eigenvalue weighted by Crippen LogP contribution is -2.52. The van der Waals surface area contributed by atoms with E-state index in [1.165, 1.54) is 8.61 Å². The van der Waals surface area contributed by atoms with Gasteiger partial charge in [0.25, 0.3) is 10.2 Å². The first kappa shape index (κ1) is 14.2. The molecule has 2 saturated heterocycles. The van der Waals surface area contributed by atoms with E-state index in [0.29, 0.717) is 32.8 Å².